The predicted octanol–water partition coefficient (Wildman–Crippen LogP) is 1.62. The summed E-state index contributed by atoms with van der Waals surface area (Å²) >= 11 is 2.93. The molecule has 7 nitrogen and oxygen atoms in total. The highest BCUT2D eigenvalue weighted by Crippen LogP contribution is 2.68. The molecule has 0 radical (unpaired) electrons. The lowest BCUT2D eigenvalue weighted by molar-refractivity contribution is -0.153. The lowest BCUT2D eigenvalue weighted by Gasteiger charge is -2.47. The molecule has 1 aromatic rings. The molecule has 1 aromatic heterocycles. The number of thioether (sulfide) groups is 1. The van der Waals surface area contributed by atoms with Crippen molar-refractivity contribution in [1.29, 1.82) is 0 Å². The molecular formula is C19H22N2O5S2. The lowest BCUT2D eigenvalue weighted by Crippen LogP contribution is -2.48. The second kappa shape index (κ2) is 5.95. The van der Waals surface area contributed by atoms with E-state index in [2.05, 4.69) is 18.8 Å². The highest BCUT2D eigenvalue weighted by Gasteiger charge is 2.70. The van der Waals surface area contributed by atoms with E-state index >= 15 is 0 Å². The van der Waals surface area contributed by atoms with Gasteiger partial charge >= 0.3 is 10.8 Å². The van der Waals surface area contributed by atoms with Crippen molar-refractivity contribution >= 4 is 40.9 Å². The molecule has 1 N–H and O–H groups in total. The van der Waals surface area contributed by atoms with E-state index in [-0.39, 0.29) is 70.1 Å². The molecule has 2 aliphatic heterocycles. The van der Waals surface area contributed by atoms with E-state index in [1.54, 1.807) is 18.7 Å². The molecule has 5 rings (SSSR count). The Bertz CT molecular complexity index is 950. The van der Waals surface area contributed by atoms with Crippen molar-refractivity contribution < 1.29 is 19.1 Å². The Morgan fingerprint density at radius 1 is 1.21 bits per heavy atom. The quantitative estimate of drug-likeness (QED) is 0.587. The van der Waals surface area contributed by atoms with Gasteiger partial charge in [-0.1, -0.05) is 25.2 Å². The van der Waals surface area contributed by atoms with Crippen molar-refractivity contribution in [3.05, 3.63) is 14.5 Å². The maximum absolute atomic E-state index is 13.1. The summed E-state index contributed by atoms with van der Waals surface area (Å²) in [6.45, 7) is 5.95. The van der Waals surface area contributed by atoms with Gasteiger partial charge in [0, 0.05) is 15.5 Å². The predicted molar refractivity (Wildman–Crippen MR) is 103 cm³/mol. The summed E-state index contributed by atoms with van der Waals surface area (Å²) in [6, 6.07) is 0. The molecule has 4 aliphatic rings. The SMILES string of the molecule is CCOC(=O)CN1C(=O)[C@@H]2[C@H]3C[C@H]([C@@H]2C1=O)[C@@H]1[C@@H]3Sc2[nH]c(=O)sc2C1(C)C. The van der Waals surface area contributed by atoms with Crippen LogP contribution in [0.4, 0.5) is 0 Å². The van der Waals surface area contributed by atoms with Crippen LogP contribution in [-0.2, 0) is 24.5 Å². The Labute approximate surface area is 170 Å². The first-order chi connectivity index (χ1) is 13.3. The van der Waals surface area contributed by atoms with Crippen LogP contribution in [0.1, 0.15) is 32.1 Å². The van der Waals surface area contributed by atoms with E-state index in [0.29, 0.717) is 0 Å². The van der Waals surface area contributed by atoms with Crippen LogP contribution in [0, 0.1) is 29.6 Å². The van der Waals surface area contributed by atoms with Crippen molar-refractivity contribution in [2.24, 2.45) is 29.6 Å². The van der Waals surface area contributed by atoms with E-state index in [1.165, 1.54) is 11.3 Å². The maximum atomic E-state index is 13.1. The Morgan fingerprint density at radius 2 is 1.89 bits per heavy atom. The summed E-state index contributed by atoms with van der Waals surface area (Å²) in [5.41, 5.74) is -0.225. The van der Waals surface area contributed by atoms with Crippen LogP contribution in [0.15, 0.2) is 9.82 Å². The van der Waals surface area contributed by atoms with Gasteiger partial charge in [-0.3, -0.25) is 24.1 Å². The number of H-pyrrole nitrogens is 1. The third kappa shape index (κ3) is 2.23. The highest BCUT2D eigenvalue weighted by atomic mass is 32.2. The minimum Gasteiger partial charge on any atom is -0.465 e. The van der Waals surface area contributed by atoms with Gasteiger partial charge in [0.2, 0.25) is 11.8 Å². The van der Waals surface area contributed by atoms with Crippen LogP contribution in [0.25, 0.3) is 0 Å². The van der Waals surface area contributed by atoms with Crippen LogP contribution < -0.4 is 4.87 Å². The van der Waals surface area contributed by atoms with Gasteiger partial charge in [0.1, 0.15) is 6.54 Å². The van der Waals surface area contributed by atoms with Crippen LogP contribution in [0.2, 0.25) is 0 Å². The number of imide groups is 1. The number of carbonyl (C=O) groups is 3. The van der Waals surface area contributed by atoms with Crippen LogP contribution in [-0.4, -0.2) is 46.1 Å². The van der Waals surface area contributed by atoms with Gasteiger partial charge in [-0.15, -0.1) is 11.8 Å². The second-order valence-electron chi connectivity index (χ2n) is 8.69. The molecule has 2 amide bonds. The largest absolute Gasteiger partial charge is 0.465 e. The van der Waals surface area contributed by atoms with Crippen LogP contribution in [0.5, 0.6) is 0 Å². The Morgan fingerprint density at radius 3 is 2.57 bits per heavy atom. The number of esters is 1. The van der Waals surface area contributed by atoms with Crippen LogP contribution >= 0.6 is 23.1 Å². The fourth-order valence-electron chi connectivity index (χ4n) is 6.21. The number of hydrogen-bond acceptors (Lipinski definition) is 7. The fraction of sp³-hybridized carbons (Fsp3) is 0.684. The lowest BCUT2D eigenvalue weighted by atomic mass is 9.64. The number of aromatic nitrogens is 1. The average Bonchev–Trinajstić information content (AvgIpc) is 3.33. The molecule has 1 saturated heterocycles. The zero-order chi connectivity index (χ0) is 20.0. The molecule has 3 heterocycles. The van der Waals surface area contributed by atoms with E-state index in [0.717, 1.165) is 21.2 Å². The fourth-order valence-corrected chi connectivity index (χ4v) is 9.36. The van der Waals surface area contributed by atoms with Crippen molar-refractivity contribution in [1.82, 2.24) is 9.88 Å². The zero-order valence-corrected chi connectivity index (χ0v) is 17.5. The number of thiazole rings is 1. The van der Waals surface area contributed by atoms with Crippen molar-refractivity contribution in [3.8, 4) is 0 Å². The first kappa shape index (κ1) is 18.4. The number of likely N-dealkylation sites (tertiary alicyclic amines) is 1. The minimum atomic E-state index is -0.539. The zero-order valence-electron chi connectivity index (χ0n) is 15.9. The number of ether oxygens (including phenoxy) is 1. The number of amides is 2. The normalized spacial score (nSPS) is 37.0. The molecular weight excluding hydrogens is 400 g/mol. The smallest absolute Gasteiger partial charge is 0.326 e. The summed E-state index contributed by atoms with van der Waals surface area (Å²) in [6.07, 6.45) is 0.866. The summed E-state index contributed by atoms with van der Waals surface area (Å²) in [7, 11) is 0. The molecule has 0 aromatic carbocycles. The number of hydrogen-bond donors (Lipinski definition) is 1. The summed E-state index contributed by atoms with van der Waals surface area (Å²) in [4.78, 5) is 55.1. The Hall–Kier alpha value is -1.61. The topological polar surface area (TPSA) is 96.5 Å². The summed E-state index contributed by atoms with van der Waals surface area (Å²) in [5.74, 6) is -1.22. The summed E-state index contributed by atoms with van der Waals surface area (Å²) in [5, 5.41) is 1.13. The Kier molecular flexibility index (Phi) is 3.91. The number of carbonyl (C=O) groups excluding carboxylic acids is 3. The molecule has 0 unspecified atom stereocenters. The van der Waals surface area contributed by atoms with E-state index in [9.17, 15) is 19.2 Å². The highest BCUT2D eigenvalue weighted by molar-refractivity contribution is 8.00. The molecule has 0 spiro atoms. The second-order valence-corrected chi connectivity index (χ2v) is 10.9. The molecule has 2 aliphatic carbocycles. The number of rotatable bonds is 3. The monoisotopic (exact) mass is 422 g/mol. The van der Waals surface area contributed by atoms with Crippen LogP contribution in [0.3, 0.4) is 0 Å². The first-order valence-corrected chi connectivity index (χ1v) is 11.4. The van der Waals surface area contributed by atoms with Gasteiger partial charge in [-0.05, 0) is 31.1 Å². The number of nitrogens with one attached hydrogen (secondary N) is 1. The van der Waals surface area contributed by atoms with E-state index in [4.69, 9.17) is 4.74 Å². The molecule has 6 atom stereocenters. The molecule has 28 heavy (non-hydrogen) atoms. The van der Waals surface area contributed by atoms with Gasteiger partial charge in [-0.25, -0.2) is 0 Å². The van der Waals surface area contributed by atoms with Gasteiger partial charge in [0.05, 0.1) is 23.5 Å². The Balaban J connectivity index is 1.49. The molecule has 9 heteroatoms. The molecule has 2 bridgehead atoms. The summed E-state index contributed by atoms with van der Waals surface area (Å²) < 4.78 is 4.94. The number of aromatic amines is 1. The third-order valence-corrected chi connectivity index (χ3v) is 9.88. The van der Waals surface area contributed by atoms with Gasteiger partial charge in [0.25, 0.3) is 0 Å². The van der Waals surface area contributed by atoms with Gasteiger partial charge < -0.3 is 9.72 Å². The van der Waals surface area contributed by atoms with Crippen molar-refractivity contribution in [3.63, 3.8) is 0 Å². The van der Waals surface area contributed by atoms with E-state index in [1.807, 2.05) is 0 Å². The molecule has 150 valence electrons. The van der Waals surface area contributed by atoms with E-state index < -0.39 is 5.97 Å². The maximum Gasteiger partial charge on any atom is 0.326 e. The molecule has 2 saturated carbocycles. The number of fused-ring (bicyclic) bond motifs is 9. The standard InChI is InChI=1S/C19H22N2O5S2/c1-4-26-9(22)6-21-16(23)10-7-5-8(11(10)17(21)24)13-12(7)19(2,3)14-15(27-13)20-18(25)28-14/h7-8,10-13H,4-6H2,1-3H3,(H,20,25)/t7-,8-,10+,11-,12-,13-/m1/s1. The third-order valence-electron chi connectivity index (χ3n) is 7.07. The number of nitrogens with zero attached hydrogens (tertiary/aromatic N) is 1. The van der Waals surface area contributed by atoms with Crippen molar-refractivity contribution in [2.45, 2.75) is 42.9 Å². The van der Waals surface area contributed by atoms with Crippen molar-refractivity contribution in [2.75, 3.05) is 13.2 Å². The first-order valence-electron chi connectivity index (χ1n) is 9.66. The average molecular weight is 423 g/mol. The minimum absolute atomic E-state index is 0.0501. The molecule has 3 fully saturated rings. The van der Waals surface area contributed by atoms with Gasteiger partial charge in [0.15, 0.2) is 0 Å². The van der Waals surface area contributed by atoms with Gasteiger partial charge in [-0.2, -0.15) is 0 Å².